The first-order chi connectivity index (χ1) is 16.1. The summed E-state index contributed by atoms with van der Waals surface area (Å²) in [6, 6.07) is 9.57. The molecule has 1 aliphatic rings. The number of aromatic nitrogens is 3. The number of nitrogens with zero attached hydrogens (tertiary/aromatic N) is 3. The first kappa shape index (κ1) is 23.4. The van der Waals surface area contributed by atoms with Gasteiger partial charge in [-0.3, -0.25) is 0 Å². The van der Waals surface area contributed by atoms with E-state index in [-0.39, 0.29) is 5.95 Å². The van der Waals surface area contributed by atoms with Gasteiger partial charge in [0.15, 0.2) is 0 Å². The Balaban J connectivity index is 1.41. The van der Waals surface area contributed by atoms with Crippen molar-refractivity contribution >= 4 is 0 Å². The standard InChI is InChI=1S/C26H32FN3O3/c1-4-32-16-21(15-24-29-30-26(33-24)20-9-11-22(31-3)12-10-20)18-5-7-19(8-6-18)23-13-14-28-25(27)17(23)2/h9-14,18-19,21H,4-8,15-16H2,1-3H3. The lowest BCUT2D eigenvalue weighted by Gasteiger charge is -2.34. The van der Waals surface area contributed by atoms with E-state index in [1.165, 1.54) is 0 Å². The van der Waals surface area contributed by atoms with Crippen molar-refractivity contribution in [1.29, 1.82) is 0 Å². The molecule has 0 N–H and O–H groups in total. The Kier molecular flexibility index (Phi) is 7.70. The molecule has 1 aliphatic carbocycles. The minimum absolute atomic E-state index is 0.311. The Labute approximate surface area is 194 Å². The van der Waals surface area contributed by atoms with E-state index in [2.05, 4.69) is 15.2 Å². The van der Waals surface area contributed by atoms with Crippen molar-refractivity contribution in [3.8, 4) is 17.2 Å². The molecule has 0 amide bonds. The molecule has 1 fully saturated rings. The van der Waals surface area contributed by atoms with Gasteiger partial charge in [0.2, 0.25) is 17.7 Å². The normalized spacial score (nSPS) is 19.4. The highest BCUT2D eigenvalue weighted by Gasteiger charge is 2.30. The van der Waals surface area contributed by atoms with Gasteiger partial charge in [-0.15, -0.1) is 10.2 Å². The fourth-order valence-corrected chi connectivity index (χ4v) is 4.91. The molecule has 3 aromatic rings. The lowest BCUT2D eigenvalue weighted by molar-refractivity contribution is 0.0695. The number of methoxy groups -OCH3 is 1. The largest absolute Gasteiger partial charge is 0.497 e. The maximum atomic E-state index is 13.9. The molecule has 1 unspecified atom stereocenters. The summed E-state index contributed by atoms with van der Waals surface area (Å²) < 4.78 is 31.0. The van der Waals surface area contributed by atoms with Crippen LogP contribution in [0.15, 0.2) is 40.9 Å². The van der Waals surface area contributed by atoms with Crippen molar-refractivity contribution in [2.75, 3.05) is 20.3 Å². The molecule has 0 bridgehead atoms. The number of hydrogen-bond donors (Lipinski definition) is 0. The van der Waals surface area contributed by atoms with Gasteiger partial charge in [0, 0.05) is 30.4 Å². The number of halogens is 1. The number of hydrogen-bond acceptors (Lipinski definition) is 6. The van der Waals surface area contributed by atoms with E-state index >= 15 is 0 Å². The minimum Gasteiger partial charge on any atom is -0.497 e. The van der Waals surface area contributed by atoms with E-state index < -0.39 is 0 Å². The summed E-state index contributed by atoms with van der Waals surface area (Å²) >= 11 is 0. The Morgan fingerprint density at radius 1 is 1.09 bits per heavy atom. The van der Waals surface area contributed by atoms with Gasteiger partial charge in [0.25, 0.3) is 0 Å². The van der Waals surface area contributed by atoms with Gasteiger partial charge in [-0.1, -0.05) is 0 Å². The maximum absolute atomic E-state index is 13.9. The Morgan fingerprint density at radius 3 is 2.55 bits per heavy atom. The summed E-state index contributed by atoms with van der Waals surface area (Å²) in [5.74, 6) is 2.79. The van der Waals surface area contributed by atoms with Crippen LogP contribution in [0.3, 0.4) is 0 Å². The first-order valence-corrected chi connectivity index (χ1v) is 11.7. The Hall–Kier alpha value is -2.80. The van der Waals surface area contributed by atoms with Gasteiger partial charge >= 0.3 is 0 Å². The second-order valence-corrected chi connectivity index (χ2v) is 8.78. The second-order valence-electron chi connectivity index (χ2n) is 8.78. The third-order valence-corrected chi connectivity index (χ3v) is 6.84. The molecule has 0 saturated heterocycles. The van der Waals surface area contributed by atoms with Crippen LogP contribution in [0.2, 0.25) is 0 Å². The molecule has 0 aliphatic heterocycles. The van der Waals surface area contributed by atoms with Crippen LogP contribution in [0.5, 0.6) is 5.75 Å². The van der Waals surface area contributed by atoms with Crippen molar-refractivity contribution in [1.82, 2.24) is 15.2 Å². The summed E-state index contributed by atoms with van der Waals surface area (Å²) in [4.78, 5) is 3.78. The molecule has 176 valence electrons. The van der Waals surface area contributed by atoms with E-state index in [0.29, 0.717) is 54.7 Å². The van der Waals surface area contributed by atoms with Crippen molar-refractivity contribution in [2.24, 2.45) is 11.8 Å². The van der Waals surface area contributed by atoms with Crippen LogP contribution < -0.4 is 4.74 Å². The van der Waals surface area contributed by atoms with Crippen molar-refractivity contribution < 1.29 is 18.3 Å². The highest BCUT2D eigenvalue weighted by Crippen LogP contribution is 2.41. The number of ether oxygens (including phenoxy) is 2. The second kappa shape index (κ2) is 10.9. The van der Waals surface area contributed by atoms with Crippen molar-refractivity contribution in [2.45, 2.75) is 51.9 Å². The lowest BCUT2D eigenvalue weighted by atomic mass is 9.72. The maximum Gasteiger partial charge on any atom is 0.247 e. The predicted molar refractivity (Wildman–Crippen MR) is 124 cm³/mol. The average Bonchev–Trinajstić information content (AvgIpc) is 3.32. The molecule has 0 spiro atoms. The molecule has 2 heterocycles. The highest BCUT2D eigenvalue weighted by molar-refractivity contribution is 5.53. The van der Waals surface area contributed by atoms with E-state index in [1.807, 2.05) is 44.2 Å². The third kappa shape index (κ3) is 5.58. The van der Waals surface area contributed by atoms with Gasteiger partial charge < -0.3 is 13.9 Å². The van der Waals surface area contributed by atoms with E-state index in [0.717, 1.165) is 42.6 Å². The van der Waals surface area contributed by atoms with E-state index in [1.54, 1.807) is 13.3 Å². The minimum atomic E-state index is -0.354. The van der Waals surface area contributed by atoms with Gasteiger partial charge in [-0.25, -0.2) is 4.98 Å². The van der Waals surface area contributed by atoms with Gasteiger partial charge in [0.1, 0.15) is 5.75 Å². The number of benzene rings is 1. The zero-order chi connectivity index (χ0) is 23.2. The lowest BCUT2D eigenvalue weighted by Crippen LogP contribution is -2.27. The predicted octanol–water partition coefficient (Wildman–Crippen LogP) is 5.76. The fraction of sp³-hybridized carbons (Fsp3) is 0.500. The first-order valence-electron chi connectivity index (χ1n) is 11.7. The Morgan fingerprint density at radius 2 is 1.85 bits per heavy atom. The molecule has 33 heavy (non-hydrogen) atoms. The molecule has 1 atom stereocenters. The van der Waals surface area contributed by atoms with Crippen LogP contribution >= 0.6 is 0 Å². The summed E-state index contributed by atoms with van der Waals surface area (Å²) in [7, 11) is 1.64. The van der Waals surface area contributed by atoms with Crippen LogP contribution in [-0.4, -0.2) is 35.5 Å². The molecule has 0 radical (unpaired) electrons. The van der Waals surface area contributed by atoms with Crippen molar-refractivity contribution in [3.63, 3.8) is 0 Å². The van der Waals surface area contributed by atoms with E-state index in [4.69, 9.17) is 13.9 Å². The smallest absolute Gasteiger partial charge is 0.247 e. The quantitative estimate of drug-likeness (QED) is 0.384. The van der Waals surface area contributed by atoms with Gasteiger partial charge in [0.05, 0.1) is 13.7 Å². The SMILES string of the molecule is CCOCC(Cc1nnc(-c2ccc(OC)cc2)o1)C1CCC(c2ccnc(F)c2C)CC1. The zero-order valence-corrected chi connectivity index (χ0v) is 19.6. The monoisotopic (exact) mass is 453 g/mol. The van der Waals surface area contributed by atoms with Crippen molar-refractivity contribution in [3.05, 3.63) is 59.5 Å². The van der Waals surface area contributed by atoms with Crippen LogP contribution in [0.1, 0.15) is 55.5 Å². The number of rotatable bonds is 9. The molecule has 1 aromatic carbocycles. The zero-order valence-electron chi connectivity index (χ0n) is 19.6. The summed E-state index contributed by atoms with van der Waals surface area (Å²) in [6.07, 6.45) is 6.51. The molecule has 4 rings (SSSR count). The third-order valence-electron chi connectivity index (χ3n) is 6.84. The average molecular weight is 454 g/mol. The topological polar surface area (TPSA) is 70.3 Å². The molecule has 7 heteroatoms. The highest BCUT2D eigenvalue weighted by atomic mass is 19.1. The summed E-state index contributed by atoms with van der Waals surface area (Å²) in [5.41, 5.74) is 2.66. The molecule has 1 saturated carbocycles. The Bertz CT molecular complexity index is 1030. The van der Waals surface area contributed by atoms with Gasteiger partial charge in [-0.05, 0) is 93.2 Å². The molecule has 2 aromatic heterocycles. The number of pyridine rings is 1. The van der Waals surface area contributed by atoms with Crippen LogP contribution in [-0.2, 0) is 11.2 Å². The molecule has 6 nitrogen and oxygen atoms in total. The molecular formula is C26H32FN3O3. The fourth-order valence-electron chi connectivity index (χ4n) is 4.91. The summed E-state index contributed by atoms with van der Waals surface area (Å²) in [6.45, 7) is 5.21. The van der Waals surface area contributed by atoms with Crippen LogP contribution in [0, 0.1) is 24.7 Å². The van der Waals surface area contributed by atoms with Crippen LogP contribution in [0.4, 0.5) is 4.39 Å². The van der Waals surface area contributed by atoms with E-state index in [9.17, 15) is 4.39 Å². The van der Waals surface area contributed by atoms with Crippen LogP contribution in [0.25, 0.3) is 11.5 Å². The molecular weight excluding hydrogens is 421 g/mol. The van der Waals surface area contributed by atoms with Gasteiger partial charge in [-0.2, -0.15) is 4.39 Å². The summed E-state index contributed by atoms with van der Waals surface area (Å²) in [5, 5.41) is 8.56.